The summed E-state index contributed by atoms with van der Waals surface area (Å²) < 4.78 is 2.59. The molecule has 11 heavy (non-hydrogen) atoms. The van der Waals surface area contributed by atoms with Gasteiger partial charge in [-0.2, -0.15) is 0 Å². The summed E-state index contributed by atoms with van der Waals surface area (Å²) in [4.78, 5) is 7.94. The van der Waals surface area contributed by atoms with E-state index in [1.807, 2.05) is 0 Å². The van der Waals surface area contributed by atoms with Crippen LogP contribution < -0.4 is 0 Å². The smallest absolute Gasteiger partial charge is 0.157 e. The zero-order valence-corrected chi connectivity index (χ0v) is 7.67. The van der Waals surface area contributed by atoms with E-state index in [2.05, 4.69) is 25.9 Å². The molecule has 0 fully saturated rings. The van der Waals surface area contributed by atoms with Crippen molar-refractivity contribution in [2.24, 2.45) is 0 Å². The third-order valence-corrected chi connectivity index (χ3v) is 2.16. The Balaban J connectivity index is 2.96. The first-order valence-electron chi connectivity index (χ1n) is 2.91. The predicted molar refractivity (Wildman–Crippen MR) is 45.7 cm³/mol. The van der Waals surface area contributed by atoms with Gasteiger partial charge in [-0.1, -0.05) is 11.6 Å². The zero-order valence-electron chi connectivity index (χ0n) is 5.33. The van der Waals surface area contributed by atoms with Crippen LogP contribution in [-0.4, -0.2) is 14.4 Å². The van der Waals surface area contributed by atoms with Crippen molar-refractivity contribution in [3.8, 4) is 0 Å². The van der Waals surface area contributed by atoms with Gasteiger partial charge in [-0.15, -0.1) is 0 Å². The van der Waals surface area contributed by atoms with Gasteiger partial charge in [0.1, 0.15) is 9.76 Å². The molecule has 3 nitrogen and oxygen atoms in total. The molecule has 5 heteroatoms. The lowest BCUT2D eigenvalue weighted by Crippen LogP contribution is -1.87. The molecular weight excluding hydrogens is 229 g/mol. The number of hydrogen-bond donors (Lipinski definition) is 0. The Morgan fingerprint density at radius 1 is 1.36 bits per heavy atom. The van der Waals surface area contributed by atoms with Crippen molar-refractivity contribution >= 4 is 33.2 Å². The number of aromatic nitrogens is 3. The number of halogens is 2. The second-order valence-corrected chi connectivity index (χ2v) is 3.20. The van der Waals surface area contributed by atoms with Crippen molar-refractivity contribution in [1.82, 2.24) is 14.4 Å². The SMILES string of the molecule is Clc1cncc2ncc(Br)n12. The molecule has 0 amide bonds. The normalized spacial score (nSPS) is 10.7. The number of fused-ring (bicyclic) bond motifs is 1. The van der Waals surface area contributed by atoms with Gasteiger partial charge in [0.2, 0.25) is 0 Å². The van der Waals surface area contributed by atoms with Crippen molar-refractivity contribution in [3.63, 3.8) is 0 Å². The van der Waals surface area contributed by atoms with Crippen LogP contribution in [0.4, 0.5) is 0 Å². The Hall–Kier alpha value is -0.610. The molecule has 2 aromatic rings. The van der Waals surface area contributed by atoms with Crippen LogP contribution in [0.5, 0.6) is 0 Å². The molecule has 2 aromatic heterocycles. The van der Waals surface area contributed by atoms with Gasteiger partial charge < -0.3 is 0 Å². The third kappa shape index (κ3) is 1.02. The van der Waals surface area contributed by atoms with Crippen molar-refractivity contribution in [3.05, 3.63) is 28.3 Å². The molecule has 2 heterocycles. The lowest BCUT2D eigenvalue weighted by atomic mass is 10.7. The third-order valence-electron chi connectivity index (χ3n) is 1.33. The van der Waals surface area contributed by atoms with E-state index in [-0.39, 0.29) is 0 Å². The first-order valence-corrected chi connectivity index (χ1v) is 4.08. The summed E-state index contributed by atoms with van der Waals surface area (Å²) in [7, 11) is 0. The first kappa shape index (κ1) is 7.06. The molecule has 0 N–H and O–H groups in total. The molecule has 56 valence electrons. The second-order valence-electron chi connectivity index (χ2n) is 2.00. The van der Waals surface area contributed by atoms with Crippen LogP contribution in [0.15, 0.2) is 23.2 Å². The monoisotopic (exact) mass is 231 g/mol. The summed E-state index contributed by atoms with van der Waals surface area (Å²) in [5.41, 5.74) is 0.740. The molecule has 0 saturated carbocycles. The fourth-order valence-electron chi connectivity index (χ4n) is 0.870. The first-order chi connectivity index (χ1) is 5.29. The average Bonchev–Trinajstić information content (AvgIpc) is 2.34. The quantitative estimate of drug-likeness (QED) is 0.697. The van der Waals surface area contributed by atoms with Gasteiger partial charge in [0.15, 0.2) is 5.65 Å². The largest absolute Gasteiger partial charge is 0.274 e. The maximum atomic E-state index is 5.83. The van der Waals surface area contributed by atoms with Crippen LogP contribution in [0.3, 0.4) is 0 Å². The molecule has 0 saturated heterocycles. The average molecular weight is 232 g/mol. The van der Waals surface area contributed by atoms with Gasteiger partial charge >= 0.3 is 0 Å². The number of imidazole rings is 1. The highest BCUT2D eigenvalue weighted by molar-refractivity contribution is 9.10. The lowest BCUT2D eigenvalue weighted by Gasteiger charge is -1.95. The molecule has 0 unspecified atom stereocenters. The van der Waals surface area contributed by atoms with E-state index >= 15 is 0 Å². The fourth-order valence-corrected chi connectivity index (χ4v) is 1.68. The highest BCUT2D eigenvalue weighted by atomic mass is 79.9. The van der Waals surface area contributed by atoms with Crippen LogP contribution in [0.2, 0.25) is 5.15 Å². The minimum atomic E-state index is 0.548. The van der Waals surface area contributed by atoms with Gasteiger partial charge in [-0.25, -0.2) is 4.98 Å². The van der Waals surface area contributed by atoms with E-state index in [9.17, 15) is 0 Å². The van der Waals surface area contributed by atoms with E-state index < -0.39 is 0 Å². The van der Waals surface area contributed by atoms with E-state index in [0.717, 1.165) is 10.3 Å². The van der Waals surface area contributed by atoms with Crippen molar-refractivity contribution in [2.45, 2.75) is 0 Å². The van der Waals surface area contributed by atoms with Crippen LogP contribution in [0.25, 0.3) is 5.65 Å². The van der Waals surface area contributed by atoms with Crippen molar-refractivity contribution in [2.75, 3.05) is 0 Å². The summed E-state index contributed by atoms with van der Waals surface area (Å²) >= 11 is 9.14. The summed E-state index contributed by atoms with van der Waals surface area (Å²) in [6.07, 6.45) is 4.90. The van der Waals surface area contributed by atoms with Crippen molar-refractivity contribution < 1.29 is 0 Å². The molecule has 0 radical (unpaired) electrons. The van der Waals surface area contributed by atoms with Crippen LogP contribution in [0.1, 0.15) is 0 Å². The Morgan fingerprint density at radius 3 is 2.91 bits per heavy atom. The van der Waals surface area contributed by atoms with Gasteiger partial charge in [0.25, 0.3) is 0 Å². The van der Waals surface area contributed by atoms with Gasteiger partial charge in [-0.05, 0) is 15.9 Å². The number of rotatable bonds is 0. The van der Waals surface area contributed by atoms with Gasteiger partial charge in [0, 0.05) is 0 Å². The lowest BCUT2D eigenvalue weighted by molar-refractivity contribution is 1.10. The van der Waals surface area contributed by atoms with E-state index in [1.165, 1.54) is 0 Å². The predicted octanol–water partition coefficient (Wildman–Crippen LogP) is 2.15. The Morgan fingerprint density at radius 2 is 2.18 bits per heavy atom. The van der Waals surface area contributed by atoms with E-state index in [0.29, 0.717) is 5.15 Å². The summed E-state index contributed by atoms with van der Waals surface area (Å²) in [6.45, 7) is 0. The second kappa shape index (κ2) is 2.46. The van der Waals surface area contributed by atoms with E-state index in [1.54, 1.807) is 23.0 Å². The number of hydrogen-bond acceptors (Lipinski definition) is 2. The molecular formula is C6H3BrClN3. The topological polar surface area (TPSA) is 30.2 Å². The Kier molecular flexibility index (Phi) is 1.58. The maximum Gasteiger partial charge on any atom is 0.157 e. The summed E-state index contributed by atoms with van der Waals surface area (Å²) in [5, 5.41) is 0.548. The molecule has 0 aliphatic rings. The highest BCUT2D eigenvalue weighted by Gasteiger charge is 2.02. The fraction of sp³-hybridized carbons (Fsp3) is 0. The molecule has 0 aromatic carbocycles. The van der Waals surface area contributed by atoms with Crippen LogP contribution in [-0.2, 0) is 0 Å². The maximum absolute atomic E-state index is 5.83. The number of nitrogens with zero attached hydrogens (tertiary/aromatic N) is 3. The Labute approximate surface area is 76.2 Å². The Bertz CT molecular complexity index is 398. The molecule has 0 atom stereocenters. The highest BCUT2D eigenvalue weighted by Crippen LogP contribution is 2.17. The minimum Gasteiger partial charge on any atom is -0.274 e. The summed E-state index contributed by atoms with van der Waals surface area (Å²) in [5.74, 6) is 0. The van der Waals surface area contributed by atoms with Crippen LogP contribution >= 0.6 is 27.5 Å². The van der Waals surface area contributed by atoms with Gasteiger partial charge in [0.05, 0.1) is 18.6 Å². The van der Waals surface area contributed by atoms with Crippen molar-refractivity contribution in [1.29, 1.82) is 0 Å². The molecule has 0 aliphatic heterocycles. The van der Waals surface area contributed by atoms with Crippen LogP contribution in [0, 0.1) is 0 Å². The molecule has 0 spiro atoms. The standard InChI is InChI=1S/C6H3BrClN3/c7-4-1-10-6-3-9-2-5(8)11(4)6/h1-3H. The zero-order chi connectivity index (χ0) is 7.84. The van der Waals surface area contributed by atoms with Gasteiger partial charge in [-0.3, -0.25) is 9.38 Å². The molecule has 0 bridgehead atoms. The molecule has 0 aliphatic carbocycles. The molecule has 2 rings (SSSR count). The summed E-state index contributed by atoms with van der Waals surface area (Å²) in [6, 6.07) is 0. The minimum absolute atomic E-state index is 0.548. The van der Waals surface area contributed by atoms with E-state index in [4.69, 9.17) is 11.6 Å².